The maximum absolute atomic E-state index is 11.3. The summed E-state index contributed by atoms with van der Waals surface area (Å²) in [5.41, 5.74) is 2.75. The summed E-state index contributed by atoms with van der Waals surface area (Å²) in [5.74, 6) is -0.644. The fourth-order valence-electron chi connectivity index (χ4n) is 4.29. The first kappa shape index (κ1) is 22.6. The molecule has 34 heavy (non-hydrogen) atoms. The highest BCUT2D eigenvalue weighted by molar-refractivity contribution is 7.15. The van der Waals surface area contributed by atoms with Gasteiger partial charge in [-0.2, -0.15) is 0 Å². The first-order valence-corrected chi connectivity index (χ1v) is 12.8. The number of aromatic nitrogens is 3. The van der Waals surface area contributed by atoms with Crippen LogP contribution in [0.1, 0.15) is 36.3 Å². The molecule has 0 unspecified atom stereocenters. The van der Waals surface area contributed by atoms with Gasteiger partial charge < -0.3 is 15.5 Å². The molecule has 1 fully saturated rings. The number of nitrogens with zero attached hydrogens (tertiary/aromatic N) is 3. The monoisotopic (exact) mass is 492 g/mol. The average molecular weight is 493 g/mol. The van der Waals surface area contributed by atoms with Crippen molar-refractivity contribution in [2.75, 3.05) is 5.32 Å². The molecule has 1 saturated carbocycles. The summed E-state index contributed by atoms with van der Waals surface area (Å²) >= 11 is 3.09. The maximum Gasteiger partial charge on any atom is 0.306 e. The summed E-state index contributed by atoms with van der Waals surface area (Å²) in [6.45, 7) is 2.03. The number of aryl methyl sites for hydroxylation is 1. The fourth-order valence-corrected chi connectivity index (χ4v) is 6.03. The van der Waals surface area contributed by atoms with E-state index in [2.05, 4.69) is 26.3 Å². The molecule has 0 aliphatic heterocycles. The smallest absolute Gasteiger partial charge is 0.306 e. The fraction of sp³-hybridized carbons (Fsp3) is 0.280. The van der Waals surface area contributed by atoms with E-state index in [9.17, 15) is 15.0 Å². The Balaban J connectivity index is 1.36. The van der Waals surface area contributed by atoms with Crippen LogP contribution in [0.2, 0.25) is 0 Å². The van der Waals surface area contributed by atoms with Crippen LogP contribution in [-0.4, -0.2) is 31.1 Å². The molecule has 9 heteroatoms. The third-order valence-electron chi connectivity index (χ3n) is 6.11. The van der Waals surface area contributed by atoms with Gasteiger partial charge in [-0.1, -0.05) is 12.1 Å². The molecule has 5 rings (SSSR count). The summed E-state index contributed by atoms with van der Waals surface area (Å²) < 4.78 is 0. The summed E-state index contributed by atoms with van der Waals surface area (Å²) in [4.78, 5) is 26.8. The van der Waals surface area contributed by atoms with E-state index in [0.29, 0.717) is 36.6 Å². The van der Waals surface area contributed by atoms with Crippen molar-refractivity contribution in [2.24, 2.45) is 5.92 Å². The first-order chi connectivity index (χ1) is 16.4. The molecule has 0 bridgehead atoms. The van der Waals surface area contributed by atoms with Crippen LogP contribution in [0, 0.1) is 12.8 Å². The third-order valence-corrected chi connectivity index (χ3v) is 8.25. The Labute approximate surface area is 205 Å². The molecular formula is C25H24N4O3S2. The highest BCUT2D eigenvalue weighted by atomic mass is 32.1. The van der Waals surface area contributed by atoms with E-state index < -0.39 is 11.6 Å². The van der Waals surface area contributed by atoms with Crippen LogP contribution in [-0.2, 0) is 10.4 Å². The number of benzene rings is 1. The molecule has 1 aliphatic carbocycles. The first-order valence-electron chi connectivity index (χ1n) is 11.1. The lowest BCUT2D eigenvalue weighted by Crippen LogP contribution is -2.33. The van der Waals surface area contributed by atoms with Crippen LogP contribution in [0.3, 0.4) is 0 Å². The van der Waals surface area contributed by atoms with E-state index in [1.54, 1.807) is 23.7 Å². The van der Waals surface area contributed by atoms with E-state index >= 15 is 0 Å². The Hall–Kier alpha value is -3.14. The number of aliphatic carboxylic acids is 1. The van der Waals surface area contributed by atoms with Gasteiger partial charge >= 0.3 is 5.97 Å². The molecule has 3 aromatic heterocycles. The number of thiazole rings is 1. The number of thiophene rings is 1. The van der Waals surface area contributed by atoms with Gasteiger partial charge in [-0.25, -0.2) is 15.0 Å². The molecule has 0 amide bonds. The Morgan fingerprint density at radius 3 is 2.71 bits per heavy atom. The van der Waals surface area contributed by atoms with Gasteiger partial charge in [0.05, 0.1) is 21.4 Å². The summed E-state index contributed by atoms with van der Waals surface area (Å²) in [5, 5.41) is 26.4. The van der Waals surface area contributed by atoms with Crippen molar-refractivity contribution in [3.63, 3.8) is 0 Å². The number of anilines is 2. The molecular weight excluding hydrogens is 468 g/mol. The topological polar surface area (TPSA) is 108 Å². The molecule has 7 nitrogen and oxygen atoms in total. The molecule has 3 N–H and O–H groups in total. The predicted octanol–water partition coefficient (Wildman–Crippen LogP) is 5.84. The molecule has 0 spiro atoms. The summed E-state index contributed by atoms with van der Waals surface area (Å²) in [7, 11) is 0. The van der Waals surface area contributed by atoms with E-state index in [0.717, 1.165) is 32.3 Å². The number of carboxylic acid groups (broad SMARTS) is 1. The van der Waals surface area contributed by atoms with Crippen molar-refractivity contribution >= 4 is 40.3 Å². The Morgan fingerprint density at radius 1 is 1.15 bits per heavy atom. The van der Waals surface area contributed by atoms with Crippen molar-refractivity contribution in [3.8, 4) is 21.0 Å². The largest absolute Gasteiger partial charge is 0.481 e. The van der Waals surface area contributed by atoms with E-state index in [4.69, 9.17) is 0 Å². The minimum Gasteiger partial charge on any atom is -0.481 e. The van der Waals surface area contributed by atoms with Crippen LogP contribution in [0.15, 0.2) is 54.2 Å². The van der Waals surface area contributed by atoms with Gasteiger partial charge in [0.15, 0.2) is 0 Å². The average Bonchev–Trinajstić information content (AvgIpc) is 3.52. The summed E-state index contributed by atoms with van der Waals surface area (Å²) in [6, 6.07) is 12.1. The lowest BCUT2D eigenvalue weighted by molar-refractivity contribution is -0.145. The third kappa shape index (κ3) is 4.72. The van der Waals surface area contributed by atoms with E-state index in [-0.39, 0.29) is 5.92 Å². The van der Waals surface area contributed by atoms with Crippen molar-refractivity contribution in [1.29, 1.82) is 0 Å². The molecule has 1 aromatic carbocycles. The molecule has 3 heterocycles. The SMILES string of the molecule is Cc1cc(Nc2nccc(-c3cccs3)n2)cc(-c2cnc([C@]3(O)CC[C@@H](C(=O)O)CC3)s2)c1. The van der Waals surface area contributed by atoms with E-state index in [1.165, 1.54) is 11.3 Å². The van der Waals surface area contributed by atoms with Crippen LogP contribution in [0.5, 0.6) is 0 Å². The second-order valence-electron chi connectivity index (χ2n) is 8.63. The Morgan fingerprint density at radius 2 is 1.97 bits per heavy atom. The van der Waals surface area contributed by atoms with Gasteiger partial charge in [-0.15, -0.1) is 22.7 Å². The van der Waals surface area contributed by atoms with Crippen LogP contribution < -0.4 is 5.32 Å². The van der Waals surface area contributed by atoms with Crippen molar-refractivity contribution < 1.29 is 15.0 Å². The van der Waals surface area contributed by atoms with Gasteiger partial charge in [-0.3, -0.25) is 4.79 Å². The van der Waals surface area contributed by atoms with E-state index in [1.807, 2.05) is 42.6 Å². The predicted molar refractivity (Wildman–Crippen MR) is 134 cm³/mol. The Kier molecular flexibility index (Phi) is 6.16. The second-order valence-corrected chi connectivity index (χ2v) is 10.6. The normalized spacial score (nSPS) is 20.2. The molecule has 0 radical (unpaired) electrons. The van der Waals surface area contributed by atoms with Gasteiger partial charge in [0, 0.05) is 18.1 Å². The number of aliphatic hydroxyl groups is 1. The zero-order valence-electron chi connectivity index (χ0n) is 18.6. The minimum absolute atomic E-state index is 0.384. The molecule has 0 atom stereocenters. The van der Waals surface area contributed by atoms with Crippen LogP contribution >= 0.6 is 22.7 Å². The maximum atomic E-state index is 11.3. The quantitative estimate of drug-likeness (QED) is 0.310. The number of rotatable bonds is 6. The lowest BCUT2D eigenvalue weighted by Gasteiger charge is -2.32. The molecule has 174 valence electrons. The van der Waals surface area contributed by atoms with Crippen LogP contribution in [0.25, 0.3) is 21.0 Å². The highest BCUT2D eigenvalue weighted by Crippen LogP contribution is 2.43. The second kappa shape index (κ2) is 9.25. The Bertz CT molecular complexity index is 1310. The van der Waals surface area contributed by atoms with Gasteiger partial charge in [-0.05, 0) is 73.4 Å². The number of carbonyl (C=O) groups is 1. The molecule has 0 saturated heterocycles. The molecule has 1 aliphatic rings. The zero-order chi connectivity index (χ0) is 23.7. The van der Waals surface area contributed by atoms with Crippen molar-refractivity contribution in [1.82, 2.24) is 15.0 Å². The van der Waals surface area contributed by atoms with Crippen molar-refractivity contribution in [3.05, 3.63) is 64.7 Å². The van der Waals surface area contributed by atoms with Crippen LogP contribution in [0.4, 0.5) is 11.6 Å². The number of hydrogen-bond acceptors (Lipinski definition) is 8. The van der Waals surface area contributed by atoms with Crippen molar-refractivity contribution in [2.45, 2.75) is 38.2 Å². The highest BCUT2D eigenvalue weighted by Gasteiger charge is 2.39. The van der Waals surface area contributed by atoms with Gasteiger partial charge in [0.25, 0.3) is 0 Å². The number of hydrogen-bond donors (Lipinski definition) is 3. The minimum atomic E-state index is -1.06. The molecule has 4 aromatic rings. The number of nitrogens with one attached hydrogen (secondary N) is 1. The lowest BCUT2D eigenvalue weighted by atomic mass is 9.79. The number of carboxylic acids is 1. The standard InChI is InChI=1S/C25H24N4O3S2/c1-15-11-17(21-14-27-23(34-21)25(32)7-4-16(5-8-25)22(30)31)13-18(12-15)28-24-26-9-6-19(29-24)20-3-2-10-33-20/h2-3,6,9-14,16,32H,4-5,7-8H2,1H3,(H,30,31)(H,26,28,29)/t16-,25+. The summed E-state index contributed by atoms with van der Waals surface area (Å²) in [6.07, 6.45) is 5.28. The van der Waals surface area contributed by atoms with Gasteiger partial charge in [0.2, 0.25) is 5.95 Å². The van der Waals surface area contributed by atoms with Gasteiger partial charge in [0.1, 0.15) is 10.6 Å². The zero-order valence-corrected chi connectivity index (χ0v) is 20.2.